The molecule has 188 valence electrons. The van der Waals surface area contributed by atoms with Gasteiger partial charge in [0.15, 0.2) is 5.75 Å². The molecule has 2 aromatic rings. The number of nitrogen functional groups attached to an aromatic ring is 1. The van der Waals surface area contributed by atoms with E-state index in [2.05, 4.69) is 46.8 Å². The number of hydrogen-bond donors (Lipinski definition) is 2. The normalized spacial score (nSPS) is 11.7. The highest BCUT2D eigenvalue weighted by Gasteiger charge is 2.20. The Hall–Kier alpha value is -2.69. The lowest BCUT2D eigenvalue weighted by atomic mass is 10.0. The summed E-state index contributed by atoms with van der Waals surface area (Å²) in [5, 5.41) is 11.5. The van der Waals surface area contributed by atoms with E-state index in [1.165, 1.54) is 11.1 Å². The van der Waals surface area contributed by atoms with Crippen LogP contribution in [0.1, 0.15) is 91.5 Å². The molecule has 2 rings (SSSR count). The third-order valence-corrected chi connectivity index (χ3v) is 6.15. The highest BCUT2D eigenvalue weighted by atomic mass is 16.5. The number of aromatic hydroxyl groups is 1. The number of allylic oxidation sites excluding steroid dienone is 4. The molecule has 1 heterocycles. The maximum atomic E-state index is 13.3. The van der Waals surface area contributed by atoms with E-state index >= 15 is 0 Å². The minimum Gasteiger partial charge on any atom is -0.504 e. The van der Waals surface area contributed by atoms with Gasteiger partial charge in [-0.15, -0.1) is 0 Å². The number of anilines is 1. The Kier molecular flexibility index (Phi) is 11.2. The monoisotopic (exact) mass is 468 g/mol. The first-order valence-corrected chi connectivity index (χ1v) is 12.9. The molecule has 0 unspecified atom stereocenters. The Labute approximate surface area is 205 Å². The summed E-state index contributed by atoms with van der Waals surface area (Å²) < 4.78 is 7.54. The number of benzene rings is 1. The van der Waals surface area contributed by atoms with Crippen molar-refractivity contribution in [3.8, 4) is 11.5 Å². The van der Waals surface area contributed by atoms with Gasteiger partial charge in [0.2, 0.25) is 5.75 Å². The van der Waals surface area contributed by atoms with Crippen LogP contribution in [0.4, 0.5) is 5.69 Å². The van der Waals surface area contributed by atoms with Crippen LogP contribution in [-0.2, 0) is 13.0 Å². The summed E-state index contributed by atoms with van der Waals surface area (Å²) in [4.78, 5) is 13.3. The van der Waals surface area contributed by atoms with Crippen LogP contribution in [0, 0.1) is 0 Å². The van der Waals surface area contributed by atoms with Gasteiger partial charge in [0.25, 0.3) is 5.56 Å². The Bertz CT molecular complexity index is 1060. The minimum atomic E-state index is -0.279. The fourth-order valence-corrected chi connectivity index (χ4v) is 4.10. The van der Waals surface area contributed by atoms with E-state index < -0.39 is 0 Å². The Morgan fingerprint density at radius 2 is 1.79 bits per heavy atom. The molecule has 0 aliphatic rings. The number of ether oxygens (including phenoxy) is 1. The number of unbranched alkanes of at least 4 members (excludes halogenated alkanes) is 4. The second-order valence-electron chi connectivity index (χ2n) is 9.55. The molecule has 3 N–H and O–H groups in total. The molecule has 0 spiro atoms. The molecule has 0 radical (unpaired) electrons. The number of nitrogens with zero attached hydrogens (tertiary/aromatic N) is 1. The second-order valence-corrected chi connectivity index (χ2v) is 9.55. The van der Waals surface area contributed by atoms with Gasteiger partial charge in [-0.1, -0.05) is 62.8 Å². The van der Waals surface area contributed by atoms with Crippen LogP contribution in [0.25, 0.3) is 10.9 Å². The van der Waals surface area contributed by atoms with Crippen molar-refractivity contribution in [1.82, 2.24) is 4.57 Å². The molecule has 0 saturated heterocycles. The molecule has 5 nitrogen and oxygen atoms in total. The standard InChI is InChI=1S/C29H44N2O3/c1-6-8-10-11-18-34-28-27(32)26-24(30)19-23(16-15-22(5)14-12-13-21(3)4)20-25(26)31(29(28)33)17-9-7-2/h13,15,19-20,32H,6-12,14,16-18,30H2,1-5H3/b22-15+. The predicted octanol–water partition coefficient (Wildman–Crippen LogP) is 7.28. The van der Waals surface area contributed by atoms with Gasteiger partial charge in [0.1, 0.15) is 0 Å². The number of nitrogens with two attached hydrogens (primary N) is 1. The van der Waals surface area contributed by atoms with Gasteiger partial charge in [0.05, 0.1) is 17.5 Å². The molecule has 0 bridgehead atoms. The third-order valence-electron chi connectivity index (χ3n) is 6.15. The van der Waals surface area contributed by atoms with Gasteiger partial charge in [-0.05, 0) is 70.6 Å². The molecule has 1 aromatic carbocycles. The summed E-state index contributed by atoms with van der Waals surface area (Å²) in [6.07, 6.45) is 13.3. The van der Waals surface area contributed by atoms with Crippen molar-refractivity contribution < 1.29 is 9.84 Å². The van der Waals surface area contributed by atoms with Crippen molar-refractivity contribution in [3.63, 3.8) is 0 Å². The maximum absolute atomic E-state index is 13.3. The summed E-state index contributed by atoms with van der Waals surface area (Å²) >= 11 is 0. The third kappa shape index (κ3) is 7.68. The smallest absolute Gasteiger partial charge is 0.297 e. The lowest BCUT2D eigenvalue weighted by Crippen LogP contribution is -2.23. The maximum Gasteiger partial charge on any atom is 0.297 e. The summed E-state index contributed by atoms with van der Waals surface area (Å²) in [6.45, 7) is 11.6. The van der Waals surface area contributed by atoms with Crippen LogP contribution in [0.3, 0.4) is 0 Å². The highest BCUT2D eigenvalue weighted by Crippen LogP contribution is 2.36. The van der Waals surface area contributed by atoms with E-state index in [0.29, 0.717) is 29.7 Å². The highest BCUT2D eigenvalue weighted by molar-refractivity contribution is 5.97. The number of hydrogen-bond acceptors (Lipinski definition) is 4. The van der Waals surface area contributed by atoms with E-state index in [0.717, 1.165) is 63.4 Å². The van der Waals surface area contributed by atoms with E-state index in [4.69, 9.17) is 10.5 Å². The van der Waals surface area contributed by atoms with Crippen LogP contribution in [0.2, 0.25) is 0 Å². The molecule has 1 aromatic heterocycles. The van der Waals surface area contributed by atoms with Crippen LogP contribution in [0.15, 0.2) is 40.2 Å². The molecule has 0 saturated carbocycles. The topological polar surface area (TPSA) is 77.5 Å². The number of pyridine rings is 1. The van der Waals surface area contributed by atoms with Gasteiger partial charge in [0, 0.05) is 12.2 Å². The fraction of sp³-hybridized carbons (Fsp3) is 0.552. The first kappa shape index (κ1) is 27.6. The van der Waals surface area contributed by atoms with E-state index in [1.54, 1.807) is 4.57 Å². The van der Waals surface area contributed by atoms with Crippen LogP contribution < -0.4 is 16.0 Å². The quantitative estimate of drug-likeness (QED) is 0.173. The van der Waals surface area contributed by atoms with Gasteiger partial charge in [-0.25, -0.2) is 0 Å². The average Bonchev–Trinajstić information content (AvgIpc) is 2.78. The van der Waals surface area contributed by atoms with Crippen molar-refractivity contribution in [3.05, 3.63) is 51.3 Å². The molecule has 5 heteroatoms. The molecule has 0 aliphatic heterocycles. The van der Waals surface area contributed by atoms with Gasteiger partial charge in [-0.2, -0.15) is 0 Å². The van der Waals surface area contributed by atoms with Crippen molar-refractivity contribution in [1.29, 1.82) is 0 Å². The SMILES string of the molecule is CCCCCCOc1c(O)c2c(N)cc(C/C=C(\C)CCC=C(C)C)cc2n(CCCC)c1=O. The largest absolute Gasteiger partial charge is 0.504 e. The van der Waals surface area contributed by atoms with Crippen LogP contribution >= 0.6 is 0 Å². The molecular formula is C29H44N2O3. The Morgan fingerprint density at radius 3 is 2.47 bits per heavy atom. The average molecular weight is 469 g/mol. The van der Waals surface area contributed by atoms with Gasteiger partial charge >= 0.3 is 0 Å². The molecule has 0 fully saturated rings. The zero-order chi connectivity index (χ0) is 25.1. The van der Waals surface area contributed by atoms with Crippen molar-refractivity contribution in [2.75, 3.05) is 12.3 Å². The Balaban J connectivity index is 2.40. The summed E-state index contributed by atoms with van der Waals surface area (Å²) in [7, 11) is 0. The summed E-state index contributed by atoms with van der Waals surface area (Å²) in [6, 6.07) is 3.90. The van der Waals surface area contributed by atoms with Crippen LogP contribution in [0.5, 0.6) is 11.5 Å². The Morgan fingerprint density at radius 1 is 1.06 bits per heavy atom. The zero-order valence-electron chi connectivity index (χ0n) is 21.9. The number of rotatable bonds is 14. The first-order chi connectivity index (χ1) is 16.3. The lowest BCUT2D eigenvalue weighted by Gasteiger charge is -2.17. The van der Waals surface area contributed by atoms with Gasteiger partial charge < -0.3 is 20.1 Å². The minimum absolute atomic E-state index is 0.0227. The zero-order valence-corrected chi connectivity index (χ0v) is 21.9. The molecule has 0 atom stereocenters. The van der Waals surface area contributed by atoms with Gasteiger partial charge in [-0.3, -0.25) is 4.79 Å². The number of fused-ring (bicyclic) bond motifs is 1. The number of aromatic nitrogens is 1. The van der Waals surface area contributed by atoms with E-state index in [-0.39, 0.29) is 17.1 Å². The number of aryl methyl sites for hydroxylation is 1. The molecule has 34 heavy (non-hydrogen) atoms. The second kappa shape index (κ2) is 13.9. The summed E-state index contributed by atoms with van der Waals surface area (Å²) in [5.41, 5.74) is 11.0. The summed E-state index contributed by atoms with van der Waals surface area (Å²) in [5.74, 6) is -0.115. The lowest BCUT2D eigenvalue weighted by molar-refractivity contribution is 0.284. The molecule has 0 amide bonds. The predicted molar refractivity (Wildman–Crippen MR) is 145 cm³/mol. The fourth-order valence-electron chi connectivity index (χ4n) is 4.10. The van der Waals surface area contributed by atoms with Crippen LogP contribution in [-0.4, -0.2) is 16.3 Å². The molecule has 0 aliphatic carbocycles. The van der Waals surface area contributed by atoms with Crippen molar-refractivity contribution in [2.24, 2.45) is 0 Å². The van der Waals surface area contributed by atoms with Crippen molar-refractivity contribution in [2.45, 2.75) is 99.0 Å². The van der Waals surface area contributed by atoms with E-state index in [1.807, 2.05) is 12.1 Å². The first-order valence-electron chi connectivity index (χ1n) is 12.9. The van der Waals surface area contributed by atoms with E-state index in [9.17, 15) is 9.90 Å². The molecular weight excluding hydrogens is 424 g/mol. The van der Waals surface area contributed by atoms with Crippen molar-refractivity contribution >= 4 is 16.6 Å².